The van der Waals surface area contributed by atoms with Crippen LogP contribution in [0.25, 0.3) is 0 Å². The number of benzene rings is 2. The zero-order valence-electron chi connectivity index (χ0n) is 11.3. The number of hydrogen-bond donors (Lipinski definition) is 1. The molecule has 2 aromatic carbocycles. The molecule has 6 heteroatoms. The van der Waals surface area contributed by atoms with Crippen molar-refractivity contribution in [2.75, 3.05) is 18.1 Å². The second kappa shape index (κ2) is 6.58. The van der Waals surface area contributed by atoms with Crippen molar-refractivity contribution in [3.63, 3.8) is 0 Å². The van der Waals surface area contributed by atoms with Gasteiger partial charge in [-0.2, -0.15) is 0 Å². The second-order valence-electron chi connectivity index (χ2n) is 4.55. The van der Waals surface area contributed by atoms with Gasteiger partial charge in [-0.05, 0) is 36.8 Å². The Morgan fingerprint density at radius 1 is 1.10 bits per heavy atom. The minimum Gasteiger partial charge on any atom is -0.494 e. The van der Waals surface area contributed by atoms with E-state index < -0.39 is 15.7 Å². The summed E-state index contributed by atoms with van der Waals surface area (Å²) in [5.41, 5.74) is 5.55. The molecule has 0 radical (unpaired) electrons. The van der Waals surface area contributed by atoms with E-state index in [1.54, 1.807) is 12.1 Å². The summed E-state index contributed by atoms with van der Waals surface area (Å²) in [4.78, 5) is -0.0975. The lowest BCUT2D eigenvalue weighted by molar-refractivity contribution is 0.317. The predicted molar refractivity (Wildman–Crippen MR) is 79.4 cm³/mol. The maximum atomic E-state index is 13.2. The van der Waals surface area contributed by atoms with Gasteiger partial charge in [0.1, 0.15) is 11.6 Å². The molecule has 0 bridgehead atoms. The molecule has 0 aliphatic rings. The van der Waals surface area contributed by atoms with E-state index in [4.69, 9.17) is 10.5 Å². The molecule has 0 aromatic heterocycles. The Morgan fingerprint density at radius 2 is 1.81 bits per heavy atom. The van der Waals surface area contributed by atoms with Gasteiger partial charge >= 0.3 is 0 Å². The zero-order valence-corrected chi connectivity index (χ0v) is 12.1. The third-order valence-corrected chi connectivity index (χ3v) is 4.60. The lowest BCUT2D eigenvalue weighted by atomic mass is 10.3. The Bertz CT molecular complexity index is 682. The summed E-state index contributed by atoms with van der Waals surface area (Å²) in [6.07, 6.45) is 0.313. The molecule has 0 unspecified atom stereocenters. The van der Waals surface area contributed by atoms with E-state index in [0.717, 1.165) is 12.1 Å². The van der Waals surface area contributed by atoms with Crippen LogP contribution in [-0.4, -0.2) is 20.8 Å². The second-order valence-corrected chi connectivity index (χ2v) is 6.66. The van der Waals surface area contributed by atoms with Crippen LogP contribution in [0.4, 0.5) is 10.1 Å². The van der Waals surface area contributed by atoms with E-state index in [-0.39, 0.29) is 22.9 Å². The smallest absolute Gasteiger partial charge is 0.178 e. The van der Waals surface area contributed by atoms with Crippen LogP contribution < -0.4 is 10.5 Å². The summed E-state index contributed by atoms with van der Waals surface area (Å²) in [5.74, 6) is -0.0954. The van der Waals surface area contributed by atoms with Crippen molar-refractivity contribution < 1.29 is 17.5 Å². The van der Waals surface area contributed by atoms with Crippen molar-refractivity contribution >= 4 is 15.5 Å². The maximum Gasteiger partial charge on any atom is 0.178 e. The van der Waals surface area contributed by atoms with E-state index >= 15 is 0 Å². The van der Waals surface area contributed by atoms with E-state index in [2.05, 4.69) is 0 Å². The highest BCUT2D eigenvalue weighted by Gasteiger charge is 2.15. The minimum absolute atomic E-state index is 0.0918. The molecule has 0 fully saturated rings. The summed E-state index contributed by atoms with van der Waals surface area (Å²) in [6.45, 7) is 0.272. The highest BCUT2D eigenvalue weighted by atomic mass is 32.2. The molecule has 112 valence electrons. The van der Waals surface area contributed by atoms with Gasteiger partial charge in [0, 0.05) is 5.69 Å². The molecule has 0 spiro atoms. The van der Waals surface area contributed by atoms with E-state index in [1.165, 1.54) is 6.07 Å². The summed E-state index contributed by atoms with van der Waals surface area (Å²) >= 11 is 0. The summed E-state index contributed by atoms with van der Waals surface area (Å²) in [5, 5.41) is 0. The van der Waals surface area contributed by atoms with E-state index in [0.29, 0.717) is 12.2 Å². The van der Waals surface area contributed by atoms with Crippen LogP contribution in [0, 0.1) is 5.82 Å². The van der Waals surface area contributed by atoms with Crippen molar-refractivity contribution in [3.05, 3.63) is 54.3 Å². The van der Waals surface area contributed by atoms with Gasteiger partial charge in [-0.25, -0.2) is 12.8 Å². The van der Waals surface area contributed by atoms with Gasteiger partial charge in [-0.15, -0.1) is 0 Å². The number of rotatable bonds is 6. The van der Waals surface area contributed by atoms with Crippen molar-refractivity contribution in [1.82, 2.24) is 0 Å². The molecule has 4 nitrogen and oxygen atoms in total. The standard InChI is InChI=1S/C15H16FNO3S/c16-12-9-13(17)11-15(10-12)21(18,19)8-4-7-20-14-5-2-1-3-6-14/h1-3,5-6,9-11H,4,7-8,17H2. The van der Waals surface area contributed by atoms with Gasteiger partial charge in [0.15, 0.2) is 9.84 Å². The third kappa shape index (κ3) is 4.46. The fourth-order valence-electron chi connectivity index (χ4n) is 1.84. The molecule has 2 rings (SSSR count). The molecule has 0 atom stereocenters. The number of nitrogen functional groups attached to an aromatic ring is 1. The summed E-state index contributed by atoms with van der Waals surface area (Å²) in [6, 6.07) is 12.4. The minimum atomic E-state index is -3.56. The van der Waals surface area contributed by atoms with Crippen LogP contribution in [0.2, 0.25) is 0 Å². The van der Waals surface area contributed by atoms with E-state index in [1.807, 2.05) is 18.2 Å². The molecule has 21 heavy (non-hydrogen) atoms. The van der Waals surface area contributed by atoms with Crippen LogP contribution in [0.15, 0.2) is 53.4 Å². The number of sulfone groups is 1. The third-order valence-electron chi connectivity index (χ3n) is 2.82. The Kier molecular flexibility index (Phi) is 4.80. The van der Waals surface area contributed by atoms with Gasteiger partial charge in [-0.3, -0.25) is 0 Å². The number of para-hydroxylation sites is 1. The topological polar surface area (TPSA) is 69.4 Å². The fourth-order valence-corrected chi connectivity index (χ4v) is 3.18. The van der Waals surface area contributed by atoms with Gasteiger partial charge in [0.05, 0.1) is 17.3 Å². The lowest BCUT2D eigenvalue weighted by Gasteiger charge is -2.07. The molecule has 2 aromatic rings. The molecular weight excluding hydrogens is 293 g/mol. The molecule has 0 aliphatic heterocycles. The Hall–Kier alpha value is -2.08. The first-order valence-corrected chi connectivity index (χ1v) is 8.09. The zero-order chi connectivity index (χ0) is 15.3. The van der Waals surface area contributed by atoms with Gasteiger partial charge in [-0.1, -0.05) is 18.2 Å². The van der Waals surface area contributed by atoms with Crippen LogP contribution in [0.3, 0.4) is 0 Å². The quantitative estimate of drug-likeness (QED) is 0.658. The Morgan fingerprint density at radius 3 is 2.48 bits per heavy atom. The summed E-state index contributed by atoms with van der Waals surface area (Å²) in [7, 11) is -3.56. The number of nitrogens with two attached hydrogens (primary N) is 1. The summed E-state index contributed by atoms with van der Waals surface area (Å²) < 4.78 is 42.8. The molecule has 0 aliphatic carbocycles. The maximum absolute atomic E-state index is 13.2. The van der Waals surface area contributed by atoms with Gasteiger partial charge in [0.2, 0.25) is 0 Å². The highest BCUT2D eigenvalue weighted by Crippen LogP contribution is 2.18. The first-order chi connectivity index (χ1) is 9.97. The number of halogens is 1. The lowest BCUT2D eigenvalue weighted by Crippen LogP contribution is -2.11. The van der Waals surface area contributed by atoms with Gasteiger partial charge in [0.25, 0.3) is 0 Å². The average molecular weight is 309 g/mol. The number of hydrogen-bond acceptors (Lipinski definition) is 4. The predicted octanol–water partition coefficient (Wildman–Crippen LogP) is 2.65. The van der Waals surface area contributed by atoms with Crippen LogP contribution >= 0.6 is 0 Å². The Labute approximate surface area is 123 Å². The highest BCUT2D eigenvalue weighted by molar-refractivity contribution is 7.91. The number of anilines is 1. The van der Waals surface area contributed by atoms with Crippen molar-refractivity contribution in [1.29, 1.82) is 0 Å². The Balaban J connectivity index is 1.92. The van der Waals surface area contributed by atoms with Crippen LogP contribution in [0.5, 0.6) is 5.75 Å². The molecule has 0 heterocycles. The molecule has 0 amide bonds. The largest absolute Gasteiger partial charge is 0.494 e. The molecule has 0 saturated carbocycles. The SMILES string of the molecule is Nc1cc(F)cc(S(=O)(=O)CCCOc2ccccc2)c1. The number of ether oxygens (including phenoxy) is 1. The van der Waals surface area contributed by atoms with Crippen molar-refractivity contribution in [3.8, 4) is 5.75 Å². The first-order valence-electron chi connectivity index (χ1n) is 6.44. The monoisotopic (exact) mass is 309 g/mol. The fraction of sp³-hybridized carbons (Fsp3) is 0.200. The van der Waals surface area contributed by atoms with Crippen LogP contribution in [0.1, 0.15) is 6.42 Å². The molecule has 0 saturated heterocycles. The molecular formula is C15H16FNO3S. The molecule has 2 N–H and O–H groups in total. The van der Waals surface area contributed by atoms with Crippen molar-refractivity contribution in [2.45, 2.75) is 11.3 Å². The van der Waals surface area contributed by atoms with Crippen molar-refractivity contribution in [2.24, 2.45) is 0 Å². The van der Waals surface area contributed by atoms with E-state index in [9.17, 15) is 12.8 Å². The normalized spacial score (nSPS) is 11.3. The average Bonchev–Trinajstić information content (AvgIpc) is 2.44. The van der Waals surface area contributed by atoms with Gasteiger partial charge < -0.3 is 10.5 Å². The first kappa shape index (κ1) is 15.3. The van der Waals surface area contributed by atoms with Crippen LogP contribution in [-0.2, 0) is 9.84 Å².